The lowest BCUT2D eigenvalue weighted by Gasteiger charge is -2.32. The highest BCUT2D eigenvalue weighted by atomic mass is 19.4. The third kappa shape index (κ3) is 2.52. The molecule has 1 fully saturated rings. The smallest absolute Gasteiger partial charge is 0.416 e. The summed E-state index contributed by atoms with van der Waals surface area (Å²) in [5.41, 5.74) is -3.03. The number of rotatable bonds is 3. The molecule has 22 heavy (non-hydrogen) atoms. The van der Waals surface area contributed by atoms with Gasteiger partial charge in [0.05, 0.1) is 12.2 Å². The van der Waals surface area contributed by atoms with Crippen molar-refractivity contribution in [2.24, 2.45) is 0 Å². The van der Waals surface area contributed by atoms with Crippen LogP contribution in [0.3, 0.4) is 0 Å². The van der Waals surface area contributed by atoms with Crippen LogP contribution in [0.25, 0.3) is 0 Å². The Hall–Kier alpha value is -2.16. The molecule has 0 spiro atoms. The number of halogens is 3. The Morgan fingerprint density at radius 3 is 2.59 bits per heavy atom. The summed E-state index contributed by atoms with van der Waals surface area (Å²) in [6, 6.07) is 1.41. The van der Waals surface area contributed by atoms with E-state index in [-0.39, 0.29) is 18.5 Å². The fourth-order valence-electron chi connectivity index (χ4n) is 2.47. The minimum Gasteiger partial charge on any atom is -0.479 e. The molecule has 6 nitrogen and oxygen atoms in total. The first-order valence-corrected chi connectivity index (χ1v) is 6.35. The number of aliphatic hydroxyl groups excluding tert-OH is 1. The Bertz CT molecular complexity index is 632. The van der Waals surface area contributed by atoms with E-state index in [9.17, 15) is 33.0 Å². The lowest BCUT2D eigenvalue weighted by atomic mass is 9.97. The highest BCUT2D eigenvalue weighted by Gasteiger charge is 2.53. The van der Waals surface area contributed by atoms with Gasteiger partial charge in [0.2, 0.25) is 5.91 Å². The molecule has 0 radical (unpaired) electrons. The van der Waals surface area contributed by atoms with Crippen molar-refractivity contribution in [2.45, 2.75) is 31.5 Å². The zero-order valence-corrected chi connectivity index (χ0v) is 11.5. The zero-order chi connectivity index (χ0) is 16.7. The van der Waals surface area contributed by atoms with Crippen LogP contribution in [-0.2, 0) is 15.8 Å². The first kappa shape index (κ1) is 16.2. The number of anilines is 1. The topological polar surface area (TPSA) is 90.7 Å². The summed E-state index contributed by atoms with van der Waals surface area (Å²) in [7, 11) is 0. The van der Waals surface area contributed by atoms with Crippen LogP contribution in [0.15, 0.2) is 12.1 Å². The molecule has 2 heterocycles. The number of alkyl halides is 3. The molecule has 120 valence electrons. The second-order valence-electron chi connectivity index (χ2n) is 5.08. The average molecular weight is 318 g/mol. The van der Waals surface area contributed by atoms with Crippen LogP contribution in [0.1, 0.15) is 24.1 Å². The number of nitrogens with zero attached hydrogens (tertiary/aromatic N) is 2. The van der Waals surface area contributed by atoms with E-state index < -0.39 is 41.6 Å². The van der Waals surface area contributed by atoms with Gasteiger partial charge in [-0.1, -0.05) is 0 Å². The van der Waals surface area contributed by atoms with Gasteiger partial charge in [0.15, 0.2) is 5.54 Å². The number of carboxylic acid groups (broad SMARTS) is 1. The SMILES string of the molecule is Cc1cc(C(F)(F)F)cc(N2C(=O)CCC2(CO)C(=O)O)n1. The molecule has 9 heteroatoms. The summed E-state index contributed by atoms with van der Waals surface area (Å²) in [4.78, 5) is 27.9. The Morgan fingerprint density at radius 2 is 2.09 bits per heavy atom. The number of aromatic nitrogens is 1. The maximum absolute atomic E-state index is 12.9. The molecule has 1 amide bonds. The van der Waals surface area contributed by atoms with Crippen LogP contribution in [0.2, 0.25) is 0 Å². The Morgan fingerprint density at radius 1 is 1.45 bits per heavy atom. The number of pyridine rings is 1. The number of aliphatic carboxylic acids is 1. The largest absolute Gasteiger partial charge is 0.479 e. The maximum atomic E-state index is 12.9. The molecular formula is C13H13F3N2O4. The van der Waals surface area contributed by atoms with E-state index in [0.717, 1.165) is 6.07 Å². The second kappa shape index (κ2) is 5.24. The molecule has 1 aliphatic heterocycles. The van der Waals surface area contributed by atoms with Crippen molar-refractivity contribution in [1.29, 1.82) is 0 Å². The minimum atomic E-state index is -4.66. The number of hydrogen-bond donors (Lipinski definition) is 2. The predicted molar refractivity (Wildman–Crippen MR) is 68.1 cm³/mol. The molecule has 2 rings (SSSR count). The van der Waals surface area contributed by atoms with Crippen molar-refractivity contribution in [3.8, 4) is 0 Å². The third-order valence-corrected chi connectivity index (χ3v) is 3.59. The molecule has 1 aromatic heterocycles. The summed E-state index contributed by atoms with van der Waals surface area (Å²) in [5, 5.41) is 18.7. The Labute approximate surface area is 123 Å². The Kier molecular flexibility index (Phi) is 3.86. The molecule has 1 saturated heterocycles. The lowest BCUT2D eigenvalue weighted by Crippen LogP contribution is -2.55. The highest BCUT2D eigenvalue weighted by Crippen LogP contribution is 2.37. The summed E-state index contributed by atoms with van der Waals surface area (Å²) < 4.78 is 38.6. The molecular weight excluding hydrogens is 305 g/mol. The fourth-order valence-corrected chi connectivity index (χ4v) is 2.47. The molecule has 2 N–H and O–H groups in total. The molecule has 0 aliphatic carbocycles. The number of amides is 1. The highest BCUT2D eigenvalue weighted by molar-refractivity contribution is 6.04. The van der Waals surface area contributed by atoms with Gasteiger partial charge in [-0.2, -0.15) is 13.2 Å². The van der Waals surface area contributed by atoms with E-state index in [1.54, 1.807) is 0 Å². The van der Waals surface area contributed by atoms with Crippen LogP contribution in [0.5, 0.6) is 0 Å². The van der Waals surface area contributed by atoms with Gasteiger partial charge >= 0.3 is 12.1 Å². The first-order valence-electron chi connectivity index (χ1n) is 6.35. The van der Waals surface area contributed by atoms with Gasteiger partial charge in [-0.15, -0.1) is 0 Å². The molecule has 1 aliphatic rings. The monoisotopic (exact) mass is 318 g/mol. The zero-order valence-electron chi connectivity index (χ0n) is 11.5. The first-order chi connectivity index (χ1) is 10.1. The van der Waals surface area contributed by atoms with Gasteiger partial charge < -0.3 is 10.2 Å². The summed E-state index contributed by atoms with van der Waals surface area (Å²) in [5.74, 6) is -2.60. The number of carboxylic acids is 1. The number of carbonyl (C=O) groups is 2. The van der Waals surface area contributed by atoms with E-state index in [2.05, 4.69) is 4.98 Å². The average Bonchev–Trinajstić information content (AvgIpc) is 2.75. The van der Waals surface area contributed by atoms with E-state index in [1.807, 2.05) is 0 Å². The number of carbonyl (C=O) groups excluding carboxylic acids is 1. The summed E-state index contributed by atoms with van der Waals surface area (Å²) in [6.07, 6.45) is -5.05. The molecule has 1 aromatic rings. The minimum absolute atomic E-state index is 0.0123. The van der Waals surface area contributed by atoms with Crippen LogP contribution in [0.4, 0.5) is 19.0 Å². The molecule has 1 unspecified atom stereocenters. The third-order valence-electron chi connectivity index (χ3n) is 3.59. The normalized spacial score (nSPS) is 22.2. The molecule has 0 aromatic carbocycles. The van der Waals surface area contributed by atoms with Crippen molar-refractivity contribution in [3.05, 3.63) is 23.4 Å². The quantitative estimate of drug-likeness (QED) is 0.878. The standard InChI is InChI=1S/C13H13F3N2O4/c1-7-4-8(13(14,15)16)5-9(17-7)18-10(20)2-3-12(18,6-19)11(21)22/h4-5,19H,2-3,6H2,1H3,(H,21,22). The number of aryl methyl sites for hydroxylation is 1. The van der Waals surface area contributed by atoms with E-state index in [0.29, 0.717) is 11.0 Å². The van der Waals surface area contributed by atoms with Gasteiger partial charge in [0, 0.05) is 12.1 Å². The van der Waals surface area contributed by atoms with Crippen LogP contribution < -0.4 is 4.90 Å². The lowest BCUT2D eigenvalue weighted by molar-refractivity contribution is -0.145. The molecule has 0 saturated carbocycles. The maximum Gasteiger partial charge on any atom is 0.416 e. The molecule has 1 atom stereocenters. The van der Waals surface area contributed by atoms with Crippen molar-refractivity contribution < 1.29 is 33.0 Å². The van der Waals surface area contributed by atoms with E-state index in [4.69, 9.17) is 0 Å². The van der Waals surface area contributed by atoms with Crippen LogP contribution >= 0.6 is 0 Å². The predicted octanol–water partition coefficient (Wildman–Crippen LogP) is 1.35. The van der Waals surface area contributed by atoms with Crippen molar-refractivity contribution in [3.63, 3.8) is 0 Å². The fraction of sp³-hybridized carbons (Fsp3) is 0.462. The van der Waals surface area contributed by atoms with Crippen molar-refractivity contribution in [2.75, 3.05) is 11.5 Å². The van der Waals surface area contributed by atoms with Crippen molar-refractivity contribution >= 4 is 17.7 Å². The van der Waals surface area contributed by atoms with Gasteiger partial charge in [0.25, 0.3) is 0 Å². The summed E-state index contributed by atoms with van der Waals surface area (Å²) in [6.45, 7) is 0.395. The van der Waals surface area contributed by atoms with Gasteiger partial charge in [-0.3, -0.25) is 9.69 Å². The summed E-state index contributed by atoms with van der Waals surface area (Å²) >= 11 is 0. The van der Waals surface area contributed by atoms with Gasteiger partial charge in [-0.25, -0.2) is 9.78 Å². The second-order valence-corrected chi connectivity index (χ2v) is 5.08. The number of hydrogen-bond acceptors (Lipinski definition) is 4. The Balaban J connectivity index is 2.60. The van der Waals surface area contributed by atoms with Gasteiger partial charge in [0.1, 0.15) is 5.82 Å². The van der Waals surface area contributed by atoms with Gasteiger partial charge in [-0.05, 0) is 25.5 Å². The van der Waals surface area contributed by atoms with Crippen molar-refractivity contribution in [1.82, 2.24) is 4.98 Å². The van der Waals surface area contributed by atoms with Crippen LogP contribution in [-0.4, -0.2) is 39.2 Å². The van der Waals surface area contributed by atoms with Crippen LogP contribution in [0, 0.1) is 6.92 Å². The van der Waals surface area contributed by atoms with E-state index in [1.165, 1.54) is 6.92 Å². The molecule has 0 bridgehead atoms. The number of aliphatic hydroxyl groups is 1. The van der Waals surface area contributed by atoms with E-state index >= 15 is 0 Å².